The second kappa shape index (κ2) is 9.39. The second-order valence-electron chi connectivity index (χ2n) is 6.67. The van der Waals surface area contributed by atoms with E-state index in [0.29, 0.717) is 12.6 Å². The number of guanidine groups is 1. The minimum absolute atomic E-state index is 0.684. The molecule has 145 valence electrons. The molecule has 0 bridgehead atoms. The molecule has 0 saturated carbocycles. The normalized spacial score (nSPS) is 17.3. The first-order valence-electron chi connectivity index (χ1n) is 9.60. The number of ether oxygens (including phenoxy) is 2. The molecular weight excluding hydrogens is 352 g/mol. The molecule has 2 N–H and O–H groups in total. The molecule has 28 heavy (non-hydrogen) atoms. The molecule has 2 aliphatic heterocycles. The van der Waals surface area contributed by atoms with Crippen LogP contribution in [0.15, 0.2) is 65.8 Å². The lowest BCUT2D eigenvalue weighted by Crippen LogP contribution is -2.38. The van der Waals surface area contributed by atoms with Crippen molar-refractivity contribution in [2.24, 2.45) is 4.99 Å². The van der Waals surface area contributed by atoms with Crippen molar-refractivity contribution in [3.05, 3.63) is 72.9 Å². The van der Waals surface area contributed by atoms with Gasteiger partial charge in [-0.1, -0.05) is 30.3 Å². The molecule has 6 nitrogen and oxygen atoms in total. The quantitative estimate of drug-likeness (QED) is 0.811. The van der Waals surface area contributed by atoms with Gasteiger partial charge in [0.05, 0.1) is 19.8 Å². The Bertz CT molecular complexity index is 812. The Kier molecular flexibility index (Phi) is 6.22. The largest absolute Gasteiger partial charge is 0.492 e. The fourth-order valence-electron chi connectivity index (χ4n) is 3.10. The predicted molar refractivity (Wildman–Crippen MR) is 112 cm³/mol. The SMILES string of the molecule is [CH]1NC(Nc2ccc(OCCN3CCOCC3)cc2)=NC=C1c1ccccc1. The van der Waals surface area contributed by atoms with Crippen LogP contribution in [0, 0.1) is 6.54 Å². The topological polar surface area (TPSA) is 58.1 Å². The second-order valence-corrected chi connectivity index (χ2v) is 6.67. The van der Waals surface area contributed by atoms with E-state index in [0.717, 1.165) is 55.4 Å². The van der Waals surface area contributed by atoms with Gasteiger partial charge < -0.3 is 20.1 Å². The fourth-order valence-corrected chi connectivity index (χ4v) is 3.10. The highest BCUT2D eigenvalue weighted by Gasteiger charge is 2.11. The molecule has 0 spiro atoms. The standard InChI is InChI=1S/C22H25N4O2/c1-2-4-18(5-3-1)19-16-23-22(24-17-19)25-20-6-8-21(9-7-20)28-15-12-26-10-13-27-14-11-26/h1-9,16-17H,10-15H2,(H2,23,24,25). The maximum atomic E-state index is 5.84. The third-order valence-electron chi connectivity index (χ3n) is 4.70. The molecule has 1 fully saturated rings. The lowest BCUT2D eigenvalue weighted by molar-refractivity contribution is 0.0322. The van der Waals surface area contributed by atoms with Gasteiger partial charge in [-0.3, -0.25) is 4.90 Å². The summed E-state index contributed by atoms with van der Waals surface area (Å²) in [6.07, 6.45) is 1.86. The Balaban J connectivity index is 1.26. The number of morpholine rings is 1. The van der Waals surface area contributed by atoms with Crippen LogP contribution >= 0.6 is 0 Å². The Morgan fingerprint density at radius 1 is 1.04 bits per heavy atom. The first-order chi connectivity index (χ1) is 13.9. The summed E-state index contributed by atoms with van der Waals surface area (Å²) in [6.45, 7) is 7.17. The number of aliphatic imine (C=N–C) groups is 1. The van der Waals surface area contributed by atoms with Crippen molar-refractivity contribution in [1.29, 1.82) is 0 Å². The molecular formula is C22H25N4O2. The Morgan fingerprint density at radius 2 is 1.82 bits per heavy atom. The van der Waals surface area contributed by atoms with Gasteiger partial charge in [0, 0.05) is 37.1 Å². The molecule has 0 unspecified atom stereocenters. The average Bonchev–Trinajstić information content (AvgIpc) is 2.77. The van der Waals surface area contributed by atoms with E-state index in [1.54, 1.807) is 0 Å². The maximum absolute atomic E-state index is 5.84. The van der Waals surface area contributed by atoms with Crippen molar-refractivity contribution in [2.75, 3.05) is 44.8 Å². The first kappa shape index (κ1) is 18.5. The van der Waals surface area contributed by atoms with Gasteiger partial charge in [0.25, 0.3) is 0 Å². The van der Waals surface area contributed by atoms with Gasteiger partial charge in [0.1, 0.15) is 12.4 Å². The molecule has 2 aliphatic rings. The molecule has 0 aliphatic carbocycles. The van der Waals surface area contributed by atoms with Crippen LogP contribution in [0.2, 0.25) is 0 Å². The highest BCUT2D eigenvalue weighted by molar-refractivity contribution is 5.98. The summed E-state index contributed by atoms with van der Waals surface area (Å²) in [5, 5.41) is 6.47. The number of rotatable bonds is 6. The molecule has 6 heteroatoms. The molecule has 2 heterocycles. The van der Waals surface area contributed by atoms with Gasteiger partial charge in [-0.15, -0.1) is 0 Å². The smallest absolute Gasteiger partial charge is 0.201 e. The molecule has 0 aromatic heterocycles. The van der Waals surface area contributed by atoms with Crippen molar-refractivity contribution in [2.45, 2.75) is 0 Å². The van der Waals surface area contributed by atoms with Crippen molar-refractivity contribution in [3.63, 3.8) is 0 Å². The van der Waals surface area contributed by atoms with E-state index in [1.807, 2.05) is 55.2 Å². The van der Waals surface area contributed by atoms with E-state index >= 15 is 0 Å². The fraction of sp³-hybridized carbons (Fsp3) is 0.273. The van der Waals surface area contributed by atoms with E-state index in [-0.39, 0.29) is 0 Å². The summed E-state index contributed by atoms with van der Waals surface area (Å²) in [5.74, 6) is 1.57. The first-order valence-corrected chi connectivity index (χ1v) is 9.60. The number of nitrogens with zero attached hydrogens (tertiary/aromatic N) is 2. The van der Waals surface area contributed by atoms with Gasteiger partial charge in [-0.25, -0.2) is 4.99 Å². The van der Waals surface area contributed by atoms with Gasteiger partial charge in [-0.2, -0.15) is 0 Å². The summed E-state index contributed by atoms with van der Waals surface area (Å²) in [4.78, 5) is 6.82. The van der Waals surface area contributed by atoms with Crippen LogP contribution in [0.25, 0.3) is 5.57 Å². The summed E-state index contributed by atoms with van der Waals surface area (Å²) < 4.78 is 11.2. The lowest BCUT2D eigenvalue weighted by atomic mass is 10.1. The van der Waals surface area contributed by atoms with Crippen LogP contribution in [0.1, 0.15) is 5.56 Å². The molecule has 1 radical (unpaired) electrons. The minimum atomic E-state index is 0.684. The Labute approximate surface area is 165 Å². The monoisotopic (exact) mass is 377 g/mol. The number of hydrogen-bond acceptors (Lipinski definition) is 6. The zero-order valence-electron chi connectivity index (χ0n) is 15.8. The number of anilines is 1. The Hall–Kier alpha value is -2.83. The molecule has 2 aromatic rings. The van der Waals surface area contributed by atoms with E-state index < -0.39 is 0 Å². The van der Waals surface area contributed by atoms with Crippen LogP contribution in [0.5, 0.6) is 5.75 Å². The zero-order valence-corrected chi connectivity index (χ0v) is 15.8. The summed E-state index contributed by atoms with van der Waals surface area (Å²) in [5.41, 5.74) is 3.14. The molecule has 4 rings (SSSR count). The summed E-state index contributed by atoms with van der Waals surface area (Å²) >= 11 is 0. The Morgan fingerprint density at radius 3 is 2.54 bits per heavy atom. The third-order valence-corrected chi connectivity index (χ3v) is 4.70. The molecule has 0 atom stereocenters. The van der Waals surface area contributed by atoms with Crippen LogP contribution in [0.3, 0.4) is 0 Å². The summed E-state index contributed by atoms with van der Waals surface area (Å²) in [7, 11) is 0. The van der Waals surface area contributed by atoms with Crippen LogP contribution in [0.4, 0.5) is 5.69 Å². The maximum Gasteiger partial charge on any atom is 0.201 e. The average molecular weight is 377 g/mol. The molecule has 2 aromatic carbocycles. The van der Waals surface area contributed by atoms with Gasteiger partial charge in [0.15, 0.2) is 0 Å². The summed E-state index contributed by atoms with van der Waals surface area (Å²) in [6, 6.07) is 18.1. The van der Waals surface area contributed by atoms with Crippen molar-refractivity contribution >= 4 is 17.2 Å². The van der Waals surface area contributed by atoms with E-state index in [4.69, 9.17) is 9.47 Å². The number of benzene rings is 2. The van der Waals surface area contributed by atoms with Crippen LogP contribution in [-0.4, -0.2) is 50.3 Å². The third kappa shape index (κ3) is 5.12. The predicted octanol–water partition coefficient (Wildman–Crippen LogP) is 2.97. The molecule has 1 saturated heterocycles. The van der Waals surface area contributed by atoms with Crippen molar-refractivity contribution in [3.8, 4) is 5.75 Å². The van der Waals surface area contributed by atoms with Gasteiger partial charge in [-0.05, 0) is 29.8 Å². The lowest BCUT2D eigenvalue weighted by Gasteiger charge is -2.26. The number of hydrogen-bond donors (Lipinski definition) is 2. The molecule has 0 amide bonds. The highest BCUT2D eigenvalue weighted by Crippen LogP contribution is 2.19. The van der Waals surface area contributed by atoms with Gasteiger partial charge >= 0.3 is 0 Å². The van der Waals surface area contributed by atoms with E-state index in [2.05, 4.69) is 32.7 Å². The highest BCUT2D eigenvalue weighted by atomic mass is 16.5. The van der Waals surface area contributed by atoms with Crippen LogP contribution < -0.4 is 15.4 Å². The van der Waals surface area contributed by atoms with E-state index in [1.165, 1.54) is 0 Å². The number of nitrogens with one attached hydrogen (secondary N) is 2. The van der Waals surface area contributed by atoms with Crippen molar-refractivity contribution in [1.82, 2.24) is 10.2 Å². The van der Waals surface area contributed by atoms with Gasteiger partial charge in [0.2, 0.25) is 5.96 Å². The van der Waals surface area contributed by atoms with Crippen molar-refractivity contribution < 1.29 is 9.47 Å². The zero-order chi connectivity index (χ0) is 19.0. The van der Waals surface area contributed by atoms with E-state index in [9.17, 15) is 0 Å². The minimum Gasteiger partial charge on any atom is -0.492 e. The van der Waals surface area contributed by atoms with Crippen LogP contribution in [-0.2, 0) is 4.74 Å².